The highest BCUT2D eigenvalue weighted by Gasteiger charge is 2.33. The number of halogens is 2. The summed E-state index contributed by atoms with van der Waals surface area (Å²) in [5, 5.41) is 5.31. The standard InChI is InChI=1S/C18H12Cl2N2O2/c19-13-15(21-11-7-3-1-4-8-11)17(23)14(20)16(18(13)24)22-12-9-5-2-6-10-12/h1-10,21-22H. The van der Waals surface area contributed by atoms with Crippen molar-refractivity contribution in [3.63, 3.8) is 0 Å². The molecule has 24 heavy (non-hydrogen) atoms. The predicted octanol–water partition coefficient (Wildman–Crippen LogP) is 4.26. The van der Waals surface area contributed by atoms with E-state index < -0.39 is 11.6 Å². The number of hydrogen-bond donors (Lipinski definition) is 2. The molecular formula is C18H12Cl2N2O2. The molecule has 0 spiro atoms. The molecule has 0 saturated heterocycles. The molecule has 0 aromatic heterocycles. The first kappa shape index (κ1) is 16.3. The number of anilines is 2. The van der Waals surface area contributed by atoms with Crippen molar-refractivity contribution >= 4 is 46.1 Å². The van der Waals surface area contributed by atoms with Crippen LogP contribution in [-0.4, -0.2) is 11.6 Å². The van der Waals surface area contributed by atoms with Crippen molar-refractivity contribution in [1.29, 1.82) is 0 Å². The molecule has 0 amide bonds. The molecule has 2 aromatic rings. The second-order valence-electron chi connectivity index (χ2n) is 5.02. The van der Waals surface area contributed by atoms with Gasteiger partial charge in [-0.25, -0.2) is 0 Å². The summed E-state index contributed by atoms with van der Waals surface area (Å²) in [6, 6.07) is 17.9. The normalized spacial score (nSPS) is 14.9. The monoisotopic (exact) mass is 358 g/mol. The Bertz CT molecular complexity index is 786. The van der Waals surface area contributed by atoms with E-state index in [2.05, 4.69) is 10.6 Å². The third-order valence-electron chi connectivity index (χ3n) is 3.38. The number of allylic oxidation sites excluding steroid dienone is 2. The van der Waals surface area contributed by atoms with E-state index in [1.807, 2.05) is 12.1 Å². The van der Waals surface area contributed by atoms with E-state index in [4.69, 9.17) is 23.2 Å². The van der Waals surface area contributed by atoms with E-state index >= 15 is 0 Å². The maximum absolute atomic E-state index is 12.5. The lowest BCUT2D eigenvalue weighted by molar-refractivity contribution is -0.115. The lowest BCUT2D eigenvalue weighted by Gasteiger charge is -2.20. The summed E-state index contributed by atoms with van der Waals surface area (Å²) in [7, 11) is 0. The maximum Gasteiger partial charge on any atom is 0.224 e. The van der Waals surface area contributed by atoms with Gasteiger partial charge in [-0.1, -0.05) is 59.6 Å². The molecular weight excluding hydrogens is 347 g/mol. The van der Waals surface area contributed by atoms with Gasteiger partial charge in [-0.2, -0.15) is 0 Å². The predicted molar refractivity (Wildman–Crippen MR) is 95.9 cm³/mol. The minimum atomic E-state index is -0.538. The molecule has 2 aromatic carbocycles. The second-order valence-corrected chi connectivity index (χ2v) is 5.77. The van der Waals surface area contributed by atoms with Gasteiger partial charge in [-0.3, -0.25) is 9.59 Å². The fourth-order valence-electron chi connectivity index (χ4n) is 2.20. The maximum atomic E-state index is 12.5. The first-order valence-electron chi connectivity index (χ1n) is 7.11. The van der Waals surface area contributed by atoms with Gasteiger partial charge in [0, 0.05) is 11.4 Å². The van der Waals surface area contributed by atoms with Crippen molar-refractivity contribution in [1.82, 2.24) is 0 Å². The van der Waals surface area contributed by atoms with Crippen LogP contribution in [0.2, 0.25) is 0 Å². The summed E-state index contributed by atoms with van der Waals surface area (Å²) < 4.78 is 0. The highest BCUT2D eigenvalue weighted by Crippen LogP contribution is 2.30. The van der Waals surface area contributed by atoms with Gasteiger partial charge in [0.05, 0.1) is 0 Å². The SMILES string of the molecule is O=C1C(Cl)=C(Nc2ccccc2)C(=O)C(Cl)=C1Nc1ccccc1. The van der Waals surface area contributed by atoms with Crippen LogP contribution >= 0.6 is 23.2 Å². The molecule has 0 aliphatic heterocycles. The summed E-state index contributed by atoms with van der Waals surface area (Å²) in [6.07, 6.45) is 0. The molecule has 1 aliphatic carbocycles. The second kappa shape index (κ2) is 6.91. The average Bonchev–Trinajstić information content (AvgIpc) is 2.62. The fourth-order valence-corrected chi connectivity index (χ4v) is 2.66. The largest absolute Gasteiger partial charge is 0.351 e. The van der Waals surface area contributed by atoms with Crippen molar-refractivity contribution in [3.8, 4) is 0 Å². The molecule has 3 rings (SSSR count). The van der Waals surface area contributed by atoms with Gasteiger partial charge in [0.15, 0.2) is 0 Å². The number of benzene rings is 2. The average molecular weight is 359 g/mol. The van der Waals surface area contributed by atoms with Gasteiger partial charge >= 0.3 is 0 Å². The summed E-state index contributed by atoms with van der Waals surface area (Å²) in [4.78, 5) is 25.0. The minimum Gasteiger partial charge on any atom is -0.351 e. The van der Waals surface area contributed by atoms with Gasteiger partial charge in [0.25, 0.3) is 0 Å². The minimum absolute atomic E-state index is 0.0310. The molecule has 0 atom stereocenters. The van der Waals surface area contributed by atoms with Crippen LogP contribution in [-0.2, 0) is 9.59 Å². The number of nitrogens with one attached hydrogen (secondary N) is 2. The number of Topliss-reactive ketones (excluding diaryl/α,β-unsaturated/α-hetero) is 2. The third kappa shape index (κ3) is 3.20. The molecule has 6 heteroatoms. The first-order chi connectivity index (χ1) is 11.6. The van der Waals surface area contributed by atoms with Crippen molar-refractivity contribution in [2.75, 3.05) is 10.6 Å². The van der Waals surface area contributed by atoms with E-state index in [1.165, 1.54) is 0 Å². The Morgan fingerprint density at radius 1 is 0.583 bits per heavy atom. The number of rotatable bonds is 4. The van der Waals surface area contributed by atoms with Gasteiger partial charge in [-0.15, -0.1) is 0 Å². The van der Waals surface area contributed by atoms with Crippen molar-refractivity contribution < 1.29 is 9.59 Å². The first-order valence-corrected chi connectivity index (χ1v) is 7.86. The van der Waals surface area contributed by atoms with Crippen LogP contribution in [0, 0.1) is 0 Å². The van der Waals surface area contributed by atoms with Crippen molar-refractivity contribution in [2.24, 2.45) is 0 Å². The topological polar surface area (TPSA) is 58.2 Å². The Morgan fingerprint density at radius 3 is 1.25 bits per heavy atom. The summed E-state index contributed by atoms with van der Waals surface area (Å²) >= 11 is 12.2. The number of ketones is 2. The lowest BCUT2D eigenvalue weighted by Crippen LogP contribution is -2.27. The molecule has 2 N–H and O–H groups in total. The molecule has 0 fully saturated rings. The van der Waals surface area contributed by atoms with E-state index in [9.17, 15) is 9.59 Å². The van der Waals surface area contributed by atoms with Crippen LogP contribution in [0.3, 0.4) is 0 Å². The molecule has 0 bridgehead atoms. The smallest absolute Gasteiger partial charge is 0.224 e. The fraction of sp³-hybridized carbons (Fsp3) is 0. The number of carbonyl (C=O) groups is 2. The van der Waals surface area contributed by atoms with Crippen molar-refractivity contribution in [2.45, 2.75) is 0 Å². The summed E-state index contributed by atoms with van der Waals surface area (Å²) in [5.74, 6) is -1.08. The van der Waals surface area contributed by atoms with Crippen LogP contribution in [0.5, 0.6) is 0 Å². The van der Waals surface area contributed by atoms with Crippen LogP contribution in [0.1, 0.15) is 0 Å². The van der Waals surface area contributed by atoms with E-state index in [1.54, 1.807) is 48.5 Å². The Hall–Kier alpha value is -2.56. The molecule has 0 heterocycles. The Morgan fingerprint density at radius 2 is 0.917 bits per heavy atom. The molecule has 0 unspecified atom stereocenters. The Labute approximate surface area is 148 Å². The third-order valence-corrected chi connectivity index (χ3v) is 4.10. The van der Waals surface area contributed by atoms with Crippen LogP contribution in [0.25, 0.3) is 0 Å². The van der Waals surface area contributed by atoms with E-state index in [-0.39, 0.29) is 21.5 Å². The molecule has 4 nitrogen and oxygen atoms in total. The summed E-state index contributed by atoms with van der Waals surface area (Å²) in [5.41, 5.74) is 1.21. The zero-order chi connectivity index (χ0) is 17.1. The van der Waals surface area contributed by atoms with Crippen LogP contribution in [0.15, 0.2) is 82.1 Å². The van der Waals surface area contributed by atoms with Crippen LogP contribution in [0.4, 0.5) is 11.4 Å². The number of carbonyl (C=O) groups excluding carboxylic acids is 2. The lowest BCUT2D eigenvalue weighted by atomic mass is 10.0. The zero-order valence-corrected chi connectivity index (χ0v) is 13.9. The van der Waals surface area contributed by atoms with Gasteiger partial charge in [0.2, 0.25) is 11.6 Å². The molecule has 1 aliphatic rings. The van der Waals surface area contributed by atoms with Crippen molar-refractivity contribution in [3.05, 3.63) is 82.1 Å². The highest BCUT2D eigenvalue weighted by atomic mass is 35.5. The van der Waals surface area contributed by atoms with Gasteiger partial charge < -0.3 is 10.6 Å². The summed E-state index contributed by atoms with van der Waals surface area (Å²) in [6.45, 7) is 0. The zero-order valence-electron chi connectivity index (χ0n) is 12.3. The number of para-hydroxylation sites is 2. The van der Waals surface area contributed by atoms with Crippen LogP contribution < -0.4 is 10.6 Å². The number of hydrogen-bond acceptors (Lipinski definition) is 4. The molecule has 0 saturated carbocycles. The van der Waals surface area contributed by atoms with E-state index in [0.717, 1.165) is 0 Å². The molecule has 120 valence electrons. The highest BCUT2D eigenvalue weighted by molar-refractivity contribution is 6.56. The van der Waals surface area contributed by atoms with Gasteiger partial charge in [0.1, 0.15) is 21.5 Å². The Balaban J connectivity index is 1.91. The van der Waals surface area contributed by atoms with Gasteiger partial charge in [-0.05, 0) is 24.3 Å². The molecule has 0 radical (unpaired) electrons. The van der Waals surface area contributed by atoms with E-state index in [0.29, 0.717) is 11.4 Å². The Kier molecular flexibility index (Phi) is 4.69. The quantitative estimate of drug-likeness (QED) is 0.801.